The van der Waals surface area contributed by atoms with Crippen molar-refractivity contribution in [3.8, 4) is 0 Å². The van der Waals surface area contributed by atoms with Crippen molar-refractivity contribution < 1.29 is 14.3 Å². The van der Waals surface area contributed by atoms with Gasteiger partial charge in [0.2, 0.25) is 5.91 Å². The third-order valence-corrected chi connectivity index (χ3v) is 7.68. The van der Waals surface area contributed by atoms with Crippen LogP contribution in [0.5, 0.6) is 0 Å². The highest BCUT2D eigenvalue weighted by molar-refractivity contribution is 7.99. The second-order valence-corrected chi connectivity index (χ2v) is 10.0. The summed E-state index contributed by atoms with van der Waals surface area (Å²) in [4.78, 5) is 28.4. The van der Waals surface area contributed by atoms with E-state index in [4.69, 9.17) is 4.74 Å². The molecule has 0 aliphatic carbocycles. The molecule has 176 valence electrons. The van der Waals surface area contributed by atoms with Gasteiger partial charge in [-0.2, -0.15) is 11.8 Å². The van der Waals surface area contributed by atoms with Crippen LogP contribution in [-0.4, -0.2) is 47.5 Å². The Kier molecular flexibility index (Phi) is 8.42. The van der Waals surface area contributed by atoms with Gasteiger partial charge in [-0.3, -0.25) is 4.79 Å². The Morgan fingerprint density at radius 3 is 2.03 bits per heavy atom. The van der Waals surface area contributed by atoms with E-state index in [-0.39, 0.29) is 17.1 Å². The molecule has 34 heavy (non-hydrogen) atoms. The van der Waals surface area contributed by atoms with Gasteiger partial charge >= 0.3 is 5.97 Å². The normalized spacial score (nSPS) is 17.6. The molecule has 1 saturated heterocycles. The molecule has 0 bridgehead atoms. The maximum Gasteiger partial charge on any atom is 0.328 e. The lowest BCUT2D eigenvalue weighted by atomic mass is 9.90. The van der Waals surface area contributed by atoms with E-state index in [1.54, 1.807) is 4.90 Å². The largest absolute Gasteiger partial charge is 0.467 e. The number of methoxy groups -OCH3 is 1. The molecule has 1 aliphatic heterocycles. The molecular formula is C29H31NO3S. The molecule has 1 aliphatic rings. The zero-order valence-corrected chi connectivity index (χ0v) is 20.3. The molecule has 0 saturated carbocycles. The van der Waals surface area contributed by atoms with Crippen LogP contribution >= 0.6 is 11.8 Å². The Morgan fingerprint density at radius 1 is 0.912 bits per heavy atom. The van der Waals surface area contributed by atoms with Crippen molar-refractivity contribution in [3.05, 3.63) is 108 Å². The average Bonchev–Trinajstić information content (AvgIpc) is 3.32. The molecule has 0 aromatic heterocycles. The van der Waals surface area contributed by atoms with E-state index < -0.39 is 12.0 Å². The number of hydrogen-bond donors (Lipinski definition) is 0. The van der Waals surface area contributed by atoms with Gasteiger partial charge in [-0.15, -0.1) is 0 Å². The number of hydrogen-bond acceptors (Lipinski definition) is 4. The van der Waals surface area contributed by atoms with Crippen molar-refractivity contribution in [2.75, 3.05) is 19.4 Å². The number of likely N-dealkylation sites (tertiary alicyclic amines) is 1. The molecule has 2 atom stereocenters. The summed E-state index contributed by atoms with van der Waals surface area (Å²) in [5.41, 5.74) is 3.20. The van der Waals surface area contributed by atoms with E-state index >= 15 is 0 Å². The predicted octanol–water partition coefficient (Wildman–Crippen LogP) is 5.33. The van der Waals surface area contributed by atoms with Gasteiger partial charge in [-0.25, -0.2) is 4.79 Å². The van der Waals surface area contributed by atoms with Crippen LogP contribution in [0.15, 0.2) is 91.0 Å². The summed E-state index contributed by atoms with van der Waals surface area (Å²) in [5, 5.41) is 0.219. The fourth-order valence-corrected chi connectivity index (χ4v) is 5.86. The number of esters is 1. The van der Waals surface area contributed by atoms with Crippen LogP contribution in [0.1, 0.15) is 35.4 Å². The first-order valence-electron chi connectivity index (χ1n) is 11.8. The lowest BCUT2D eigenvalue weighted by Crippen LogP contribution is -2.43. The van der Waals surface area contributed by atoms with Gasteiger partial charge in [-0.1, -0.05) is 91.0 Å². The highest BCUT2D eigenvalue weighted by atomic mass is 32.2. The van der Waals surface area contributed by atoms with Crippen molar-refractivity contribution in [1.82, 2.24) is 4.90 Å². The Bertz CT molecular complexity index is 1020. The van der Waals surface area contributed by atoms with Gasteiger partial charge in [0.15, 0.2) is 0 Å². The van der Waals surface area contributed by atoms with Crippen LogP contribution in [0.2, 0.25) is 0 Å². The maximum absolute atomic E-state index is 13.9. The zero-order chi connectivity index (χ0) is 23.8. The van der Waals surface area contributed by atoms with Crippen molar-refractivity contribution in [1.29, 1.82) is 0 Å². The van der Waals surface area contributed by atoms with Gasteiger partial charge in [0.1, 0.15) is 6.04 Å². The Morgan fingerprint density at radius 2 is 1.47 bits per heavy atom. The number of ether oxygens (including phenoxy) is 1. The number of nitrogens with zero attached hydrogens (tertiary/aromatic N) is 1. The van der Waals surface area contributed by atoms with Crippen LogP contribution in [-0.2, 0) is 20.7 Å². The fourth-order valence-electron chi connectivity index (χ4n) is 4.63. The van der Waals surface area contributed by atoms with Gasteiger partial charge in [0, 0.05) is 11.8 Å². The summed E-state index contributed by atoms with van der Waals surface area (Å²) < 4.78 is 5.10. The fraction of sp³-hybridized carbons (Fsp3) is 0.310. The van der Waals surface area contributed by atoms with Crippen LogP contribution < -0.4 is 0 Å². The quantitative estimate of drug-likeness (QED) is 0.311. The summed E-state index contributed by atoms with van der Waals surface area (Å²) >= 11 is 1.86. The lowest BCUT2D eigenvalue weighted by Gasteiger charge is -2.28. The minimum Gasteiger partial charge on any atom is -0.467 e. The monoisotopic (exact) mass is 473 g/mol. The molecule has 3 aromatic carbocycles. The van der Waals surface area contributed by atoms with Crippen LogP contribution in [0.3, 0.4) is 0 Å². The van der Waals surface area contributed by atoms with Crippen molar-refractivity contribution >= 4 is 23.6 Å². The summed E-state index contributed by atoms with van der Waals surface area (Å²) in [6.07, 6.45) is 2.73. The first-order chi connectivity index (χ1) is 16.7. The van der Waals surface area contributed by atoms with Crippen LogP contribution in [0.25, 0.3) is 0 Å². The summed E-state index contributed by atoms with van der Waals surface area (Å²) in [6, 6.07) is 29.6. The molecule has 3 aromatic rings. The summed E-state index contributed by atoms with van der Waals surface area (Å²) in [7, 11) is 1.40. The minimum absolute atomic E-state index is 0.0415. The average molecular weight is 474 g/mol. The number of aryl methyl sites for hydroxylation is 1. The van der Waals surface area contributed by atoms with E-state index in [1.165, 1.54) is 12.7 Å². The van der Waals surface area contributed by atoms with E-state index in [0.717, 1.165) is 29.7 Å². The van der Waals surface area contributed by atoms with Crippen molar-refractivity contribution in [3.63, 3.8) is 0 Å². The molecule has 5 heteroatoms. The standard InChI is InChI=1S/C29H31NO3S/c1-33-29(32)26-20-25(34-19-11-14-22-12-5-2-6-13-22)21-30(26)28(31)27(23-15-7-3-8-16-23)24-17-9-4-10-18-24/h2-10,12-13,15-18,25-27H,11,14,19-21H2,1H3/t25-,26-/m0/s1. The molecule has 1 fully saturated rings. The smallest absolute Gasteiger partial charge is 0.328 e. The molecule has 1 amide bonds. The van der Waals surface area contributed by atoms with E-state index in [0.29, 0.717) is 13.0 Å². The second-order valence-electron chi connectivity index (χ2n) is 8.60. The van der Waals surface area contributed by atoms with E-state index in [2.05, 4.69) is 24.3 Å². The van der Waals surface area contributed by atoms with Crippen LogP contribution in [0, 0.1) is 0 Å². The van der Waals surface area contributed by atoms with Crippen molar-refractivity contribution in [2.45, 2.75) is 36.5 Å². The molecular weight excluding hydrogens is 442 g/mol. The Hall–Kier alpha value is -3.05. The van der Waals surface area contributed by atoms with Crippen LogP contribution in [0.4, 0.5) is 0 Å². The third kappa shape index (κ3) is 5.89. The molecule has 0 N–H and O–H groups in total. The van der Waals surface area contributed by atoms with Gasteiger partial charge in [0.25, 0.3) is 0 Å². The highest BCUT2D eigenvalue weighted by Gasteiger charge is 2.43. The molecule has 4 rings (SSSR count). The van der Waals surface area contributed by atoms with Gasteiger partial charge in [0.05, 0.1) is 13.0 Å². The first-order valence-corrected chi connectivity index (χ1v) is 12.9. The number of carbonyl (C=O) groups is 2. The van der Waals surface area contributed by atoms with E-state index in [9.17, 15) is 9.59 Å². The summed E-state index contributed by atoms with van der Waals surface area (Å²) in [6.45, 7) is 0.560. The zero-order valence-electron chi connectivity index (χ0n) is 19.5. The molecule has 4 nitrogen and oxygen atoms in total. The third-order valence-electron chi connectivity index (χ3n) is 6.34. The lowest BCUT2D eigenvalue weighted by molar-refractivity contribution is -0.151. The number of amides is 1. The number of thioether (sulfide) groups is 1. The van der Waals surface area contributed by atoms with Gasteiger partial charge in [-0.05, 0) is 41.7 Å². The second kappa shape index (κ2) is 11.9. The number of benzene rings is 3. The molecule has 0 unspecified atom stereocenters. The molecule has 0 radical (unpaired) electrons. The SMILES string of the molecule is COC(=O)[C@@H]1C[C@H](SCCCc2ccccc2)CN1C(=O)C(c1ccccc1)c1ccccc1. The number of carbonyl (C=O) groups excluding carboxylic acids is 2. The maximum atomic E-state index is 13.9. The van der Waals surface area contributed by atoms with E-state index in [1.807, 2.05) is 78.5 Å². The number of rotatable bonds is 9. The topological polar surface area (TPSA) is 46.6 Å². The minimum atomic E-state index is -0.543. The van der Waals surface area contributed by atoms with Crippen molar-refractivity contribution in [2.24, 2.45) is 0 Å². The predicted molar refractivity (Wildman–Crippen MR) is 138 cm³/mol. The Labute approximate surface area is 206 Å². The molecule has 1 heterocycles. The Balaban J connectivity index is 1.48. The first kappa shape index (κ1) is 24.1. The highest BCUT2D eigenvalue weighted by Crippen LogP contribution is 2.34. The van der Waals surface area contributed by atoms with Gasteiger partial charge < -0.3 is 9.64 Å². The summed E-state index contributed by atoms with van der Waals surface area (Å²) in [5.74, 6) is 0.174. The molecule has 0 spiro atoms.